The first-order valence-electron chi connectivity index (χ1n) is 4.30. The Morgan fingerprint density at radius 3 is 2.80 bits per heavy atom. The maximum absolute atomic E-state index is 12.5. The summed E-state index contributed by atoms with van der Waals surface area (Å²) < 4.78 is 25.0. The minimum absolute atomic E-state index is 0.0188. The molecule has 1 aromatic rings. The van der Waals surface area contributed by atoms with E-state index in [0.29, 0.717) is 5.56 Å². The van der Waals surface area contributed by atoms with Crippen molar-refractivity contribution in [3.63, 3.8) is 0 Å². The van der Waals surface area contributed by atoms with E-state index in [1.165, 1.54) is 12.1 Å². The smallest absolute Gasteiger partial charge is 0.205 e. The van der Waals surface area contributed by atoms with Gasteiger partial charge in [0.25, 0.3) is 6.43 Å². The Hall–Kier alpha value is -1.87. The molecule has 0 heterocycles. The number of halogens is 2. The van der Waals surface area contributed by atoms with Crippen molar-refractivity contribution in [2.45, 2.75) is 6.43 Å². The van der Waals surface area contributed by atoms with Crippen LogP contribution in [0.5, 0.6) is 0 Å². The molecule has 0 radical (unpaired) electrons. The first kappa shape index (κ1) is 11.2. The van der Waals surface area contributed by atoms with Crippen molar-refractivity contribution < 1.29 is 8.78 Å². The molecule has 5 heteroatoms. The second kappa shape index (κ2) is 5.78. The van der Waals surface area contributed by atoms with Crippen LogP contribution in [0.25, 0.3) is 16.5 Å². The number of azide groups is 1. The van der Waals surface area contributed by atoms with Gasteiger partial charge in [-0.15, -0.1) is 0 Å². The zero-order valence-corrected chi connectivity index (χ0v) is 7.85. The molecule has 0 fully saturated rings. The van der Waals surface area contributed by atoms with Crippen LogP contribution in [0.4, 0.5) is 8.78 Å². The van der Waals surface area contributed by atoms with Crippen LogP contribution in [0.3, 0.4) is 0 Å². The van der Waals surface area contributed by atoms with Crippen LogP contribution >= 0.6 is 0 Å². The zero-order valence-electron chi connectivity index (χ0n) is 7.85. The molecule has 0 aliphatic heterocycles. The third-order valence-electron chi connectivity index (χ3n) is 1.78. The van der Waals surface area contributed by atoms with Crippen LogP contribution < -0.4 is 0 Å². The van der Waals surface area contributed by atoms with Gasteiger partial charge in [0.1, 0.15) is 0 Å². The highest BCUT2D eigenvalue weighted by Crippen LogP contribution is 2.23. The van der Waals surface area contributed by atoms with E-state index in [-0.39, 0.29) is 12.1 Å². The summed E-state index contributed by atoms with van der Waals surface area (Å²) in [7, 11) is 0. The predicted octanol–water partition coefficient (Wildman–Crippen LogP) is 3.95. The molecule has 1 rings (SSSR count). The molecule has 0 amide bonds. The van der Waals surface area contributed by atoms with E-state index in [0.717, 1.165) is 0 Å². The highest BCUT2D eigenvalue weighted by molar-refractivity contribution is 5.54. The summed E-state index contributed by atoms with van der Waals surface area (Å²) in [6.45, 7) is 0.161. The lowest BCUT2D eigenvalue weighted by molar-refractivity contribution is 0.151. The maximum Gasteiger partial charge on any atom is 0.264 e. The molecule has 0 aliphatic rings. The average molecular weight is 209 g/mol. The molecular formula is C10H9F2N3. The van der Waals surface area contributed by atoms with Gasteiger partial charge in [0.15, 0.2) is 0 Å². The summed E-state index contributed by atoms with van der Waals surface area (Å²) in [5.74, 6) is 0. The maximum atomic E-state index is 12.5. The minimum atomic E-state index is -2.50. The van der Waals surface area contributed by atoms with Gasteiger partial charge in [-0.2, -0.15) is 0 Å². The molecule has 1 aromatic carbocycles. The summed E-state index contributed by atoms with van der Waals surface area (Å²) in [5.41, 5.74) is 8.44. The van der Waals surface area contributed by atoms with Crippen molar-refractivity contribution in [2.24, 2.45) is 5.11 Å². The normalized spacial score (nSPS) is 10.6. The molecule has 0 spiro atoms. The van der Waals surface area contributed by atoms with Crippen molar-refractivity contribution in [1.82, 2.24) is 0 Å². The second-order valence-corrected chi connectivity index (χ2v) is 2.75. The number of hydrogen-bond donors (Lipinski definition) is 0. The molecule has 78 valence electrons. The van der Waals surface area contributed by atoms with Crippen molar-refractivity contribution in [3.05, 3.63) is 51.9 Å². The number of nitrogens with zero attached hydrogens (tertiary/aromatic N) is 3. The molecule has 3 nitrogen and oxygen atoms in total. The monoisotopic (exact) mass is 209 g/mol. The molecule has 0 saturated heterocycles. The Balaban J connectivity index is 2.84. The Morgan fingerprint density at radius 2 is 2.13 bits per heavy atom. The summed E-state index contributed by atoms with van der Waals surface area (Å²) in [5, 5.41) is 3.27. The fourth-order valence-corrected chi connectivity index (χ4v) is 1.12. The van der Waals surface area contributed by atoms with E-state index in [1.54, 1.807) is 24.3 Å². The SMILES string of the molecule is [N-]=[N+]=NCC=Cc1ccccc1C(F)F. The standard InChI is InChI=1S/C10H9F2N3/c11-10(12)9-6-2-1-4-8(9)5-3-7-14-15-13/h1-6,10H,7H2. The van der Waals surface area contributed by atoms with Gasteiger partial charge in [0.05, 0.1) is 0 Å². The molecular weight excluding hydrogens is 200 g/mol. The van der Waals surface area contributed by atoms with Crippen LogP contribution in [0.15, 0.2) is 35.5 Å². The lowest BCUT2D eigenvalue weighted by Gasteiger charge is -2.03. The largest absolute Gasteiger partial charge is 0.264 e. The first-order valence-corrected chi connectivity index (χ1v) is 4.30. The molecule has 0 aromatic heterocycles. The lowest BCUT2D eigenvalue weighted by Crippen LogP contribution is -1.88. The Bertz CT molecular complexity index is 395. The molecule has 0 aliphatic carbocycles. The fourth-order valence-electron chi connectivity index (χ4n) is 1.12. The van der Waals surface area contributed by atoms with Crippen molar-refractivity contribution >= 4 is 6.08 Å². The fraction of sp³-hybridized carbons (Fsp3) is 0.200. The van der Waals surface area contributed by atoms with Gasteiger partial charge in [-0.1, -0.05) is 41.5 Å². The Kier molecular flexibility index (Phi) is 4.31. The van der Waals surface area contributed by atoms with Crippen LogP contribution in [0.2, 0.25) is 0 Å². The second-order valence-electron chi connectivity index (χ2n) is 2.75. The van der Waals surface area contributed by atoms with E-state index >= 15 is 0 Å². The molecule has 0 saturated carbocycles. The van der Waals surface area contributed by atoms with Gasteiger partial charge in [-0.25, -0.2) is 8.78 Å². The van der Waals surface area contributed by atoms with Gasteiger partial charge in [-0.05, 0) is 11.1 Å². The van der Waals surface area contributed by atoms with E-state index in [9.17, 15) is 8.78 Å². The van der Waals surface area contributed by atoms with Gasteiger partial charge < -0.3 is 0 Å². The Morgan fingerprint density at radius 1 is 1.40 bits per heavy atom. The molecule has 0 bridgehead atoms. The number of hydrogen-bond acceptors (Lipinski definition) is 1. The third kappa shape index (κ3) is 3.40. The first-order chi connectivity index (χ1) is 7.25. The van der Waals surface area contributed by atoms with Crippen LogP contribution in [-0.2, 0) is 0 Å². The number of alkyl halides is 2. The third-order valence-corrected chi connectivity index (χ3v) is 1.78. The van der Waals surface area contributed by atoms with Crippen LogP contribution in [0, 0.1) is 0 Å². The summed E-state index contributed by atoms with van der Waals surface area (Å²) in [6.07, 6.45) is 0.571. The summed E-state index contributed by atoms with van der Waals surface area (Å²) in [6, 6.07) is 6.21. The highest BCUT2D eigenvalue weighted by atomic mass is 19.3. The van der Waals surface area contributed by atoms with Crippen molar-refractivity contribution in [3.8, 4) is 0 Å². The number of rotatable bonds is 4. The zero-order chi connectivity index (χ0) is 11.1. The van der Waals surface area contributed by atoms with Gasteiger partial charge in [0, 0.05) is 17.0 Å². The minimum Gasteiger partial charge on any atom is -0.205 e. The van der Waals surface area contributed by atoms with Gasteiger partial charge in [-0.3, -0.25) is 0 Å². The molecule has 0 unspecified atom stereocenters. The van der Waals surface area contributed by atoms with E-state index in [4.69, 9.17) is 5.53 Å². The van der Waals surface area contributed by atoms with Crippen molar-refractivity contribution in [2.75, 3.05) is 6.54 Å². The lowest BCUT2D eigenvalue weighted by atomic mass is 10.1. The van der Waals surface area contributed by atoms with Gasteiger partial charge in [0.2, 0.25) is 0 Å². The highest BCUT2D eigenvalue weighted by Gasteiger charge is 2.09. The molecule has 0 N–H and O–H groups in total. The van der Waals surface area contributed by atoms with E-state index in [2.05, 4.69) is 10.0 Å². The predicted molar refractivity (Wildman–Crippen MR) is 54.4 cm³/mol. The van der Waals surface area contributed by atoms with Crippen LogP contribution in [0.1, 0.15) is 17.6 Å². The van der Waals surface area contributed by atoms with Gasteiger partial charge >= 0.3 is 0 Å². The molecule has 15 heavy (non-hydrogen) atoms. The quantitative estimate of drug-likeness (QED) is 0.409. The molecule has 0 atom stereocenters. The Labute approximate surface area is 85.7 Å². The van der Waals surface area contributed by atoms with E-state index < -0.39 is 6.43 Å². The average Bonchev–Trinajstić information content (AvgIpc) is 2.25. The number of benzene rings is 1. The van der Waals surface area contributed by atoms with E-state index in [1.807, 2.05) is 0 Å². The van der Waals surface area contributed by atoms with Crippen LogP contribution in [-0.4, -0.2) is 6.54 Å². The summed E-state index contributed by atoms with van der Waals surface area (Å²) >= 11 is 0. The van der Waals surface area contributed by atoms with Crippen molar-refractivity contribution in [1.29, 1.82) is 0 Å². The summed E-state index contributed by atoms with van der Waals surface area (Å²) in [4.78, 5) is 2.55. The topological polar surface area (TPSA) is 48.8 Å².